The van der Waals surface area contributed by atoms with E-state index in [1.807, 2.05) is 25.2 Å². The number of hydrogen-bond acceptors (Lipinski definition) is 2. The van der Waals surface area contributed by atoms with Crippen LogP contribution in [-0.4, -0.2) is 19.4 Å². The van der Waals surface area contributed by atoms with Gasteiger partial charge in [-0.2, -0.15) is 0 Å². The number of hydrogen-bond donors (Lipinski definition) is 0. The first-order valence-corrected chi connectivity index (χ1v) is 5.87. The second kappa shape index (κ2) is 5.31. The highest BCUT2D eigenvalue weighted by molar-refractivity contribution is 9.10. The molecule has 0 aliphatic rings. The Morgan fingerprint density at radius 3 is 2.67 bits per heavy atom. The van der Waals surface area contributed by atoms with Crippen LogP contribution in [0.3, 0.4) is 0 Å². The number of ketones is 1. The molecule has 0 saturated heterocycles. The van der Waals surface area contributed by atoms with E-state index in [2.05, 4.69) is 27.8 Å². The van der Waals surface area contributed by atoms with Gasteiger partial charge in [0.25, 0.3) is 0 Å². The van der Waals surface area contributed by atoms with Crippen LogP contribution in [0, 0.1) is 0 Å². The van der Waals surface area contributed by atoms with Crippen LogP contribution in [0.1, 0.15) is 30.6 Å². The summed E-state index contributed by atoms with van der Waals surface area (Å²) in [6, 6.07) is 5.83. The van der Waals surface area contributed by atoms with Gasteiger partial charge >= 0.3 is 0 Å². The van der Waals surface area contributed by atoms with Crippen molar-refractivity contribution in [1.29, 1.82) is 0 Å². The van der Waals surface area contributed by atoms with Crippen LogP contribution < -0.4 is 4.90 Å². The molecule has 0 aromatic heterocycles. The molecule has 0 aliphatic heterocycles. The smallest absolute Gasteiger partial charge is 0.161 e. The molecule has 0 atom stereocenters. The fourth-order valence-corrected chi connectivity index (χ4v) is 1.94. The highest BCUT2D eigenvalue weighted by atomic mass is 79.9. The van der Waals surface area contributed by atoms with Crippen molar-refractivity contribution in [1.82, 2.24) is 0 Å². The second-order valence-electron chi connectivity index (χ2n) is 3.64. The average molecular weight is 270 g/mol. The number of nitrogens with zero attached hydrogens (tertiary/aromatic N) is 1. The molecule has 0 radical (unpaired) electrons. The molecular weight excluding hydrogens is 254 g/mol. The van der Waals surface area contributed by atoms with Crippen molar-refractivity contribution in [3.05, 3.63) is 28.2 Å². The van der Waals surface area contributed by atoms with E-state index < -0.39 is 0 Å². The summed E-state index contributed by atoms with van der Waals surface area (Å²) in [5.41, 5.74) is 1.79. The van der Waals surface area contributed by atoms with Gasteiger partial charge in [0.15, 0.2) is 5.78 Å². The maximum atomic E-state index is 11.5. The molecule has 1 aromatic rings. The Labute approximate surface area is 99.4 Å². The maximum absolute atomic E-state index is 11.5. The Hall–Kier alpha value is -0.830. The van der Waals surface area contributed by atoms with Crippen LogP contribution in [-0.2, 0) is 0 Å². The lowest BCUT2D eigenvalue weighted by molar-refractivity contribution is 0.101. The fraction of sp³-hybridized carbons (Fsp3) is 0.417. The Balaban J connectivity index is 3.10. The molecule has 0 amide bonds. The Kier molecular flexibility index (Phi) is 4.33. The molecule has 3 heteroatoms. The van der Waals surface area contributed by atoms with E-state index in [-0.39, 0.29) is 5.78 Å². The number of Topliss-reactive ketones (excluding diaryl/α,β-unsaturated/α-hetero) is 1. The molecule has 0 spiro atoms. The van der Waals surface area contributed by atoms with E-state index in [1.54, 1.807) is 6.92 Å². The predicted octanol–water partition coefficient (Wildman–Crippen LogP) is 3.50. The second-order valence-corrected chi connectivity index (χ2v) is 4.55. The lowest BCUT2D eigenvalue weighted by Crippen LogP contribution is -2.20. The Morgan fingerprint density at radius 1 is 1.47 bits per heavy atom. The van der Waals surface area contributed by atoms with Crippen molar-refractivity contribution in [2.24, 2.45) is 0 Å². The number of rotatable bonds is 4. The summed E-state index contributed by atoms with van der Waals surface area (Å²) in [5, 5.41) is 0. The lowest BCUT2D eigenvalue weighted by Gasteiger charge is -2.21. The van der Waals surface area contributed by atoms with Crippen LogP contribution >= 0.6 is 15.9 Å². The van der Waals surface area contributed by atoms with Gasteiger partial charge in [-0.1, -0.05) is 22.9 Å². The first kappa shape index (κ1) is 12.2. The Morgan fingerprint density at radius 2 is 2.13 bits per heavy atom. The van der Waals surface area contributed by atoms with E-state index in [4.69, 9.17) is 0 Å². The van der Waals surface area contributed by atoms with Gasteiger partial charge in [0, 0.05) is 29.3 Å². The molecule has 0 heterocycles. The van der Waals surface area contributed by atoms with Gasteiger partial charge in [-0.15, -0.1) is 0 Å². The third-order valence-electron chi connectivity index (χ3n) is 2.31. The predicted molar refractivity (Wildman–Crippen MR) is 67.7 cm³/mol. The summed E-state index contributed by atoms with van der Waals surface area (Å²) in [5.74, 6) is 0.106. The summed E-state index contributed by atoms with van der Waals surface area (Å²) >= 11 is 3.38. The first-order chi connectivity index (χ1) is 7.06. The average Bonchev–Trinajstić information content (AvgIpc) is 2.17. The normalized spacial score (nSPS) is 10.1. The molecular formula is C12H16BrNO. The van der Waals surface area contributed by atoms with Crippen LogP contribution in [0.2, 0.25) is 0 Å². The fourth-order valence-electron chi connectivity index (χ4n) is 1.58. The van der Waals surface area contributed by atoms with Gasteiger partial charge in [0.05, 0.1) is 0 Å². The quantitative estimate of drug-likeness (QED) is 0.780. The van der Waals surface area contributed by atoms with Gasteiger partial charge in [0.2, 0.25) is 0 Å². The minimum Gasteiger partial charge on any atom is -0.374 e. The van der Waals surface area contributed by atoms with Crippen LogP contribution in [0.5, 0.6) is 0 Å². The molecule has 0 N–H and O–H groups in total. The zero-order valence-corrected chi connectivity index (χ0v) is 11.0. The molecule has 82 valence electrons. The highest BCUT2D eigenvalue weighted by Gasteiger charge is 2.10. The molecule has 0 unspecified atom stereocenters. The SMILES string of the molecule is CCCN(C)c1ccc(Br)cc1C(C)=O. The molecule has 15 heavy (non-hydrogen) atoms. The Bertz CT molecular complexity index is 363. The first-order valence-electron chi connectivity index (χ1n) is 5.08. The number of carbonyl (C=O) groups excluding carboxylic acids is 1. The van der Waals surface area contributed by atoms with Gasteiger partial charge in [0.1, 0.15) is 0 Å². The van der Waals surface area contributed by atoms with Crippen molar-refractivity contribution in [2.45, 2.75) is 20.3 Å². The molecule has 0 aliphatic carbocycles. The number of halogens is 1. The summed E-state index contributed by atoms with van der Waals surface area (Å²) < 4.78 is 0.946. The summed E-state index contributed by atoms with van der Waals surface area (Å²) in [7, 11) is 2.01. The standard InChI is InChI=1S/C12H16BrNO/c1-4-7-14(3)12-6-5-10(13)8-11(12)9(2)15/h5-6,8H,4,7H2,1-3H3. The molecule has 0 bridgehead atoms. The minimum atomic E-state index is 0.106. The summed E-state index contributed by atoms with van der Waals surface area (Å²) in [6.45, 7) is 4.69. The largest absolute Gasteiger partial charge is 0.374 e. The van der Waals surface area contributed by atoms with Crippen molar-refractivity contribution in [2.75, 3.05) is 18.5 Å². The zero-order valence-electron chi connectivity index (χ0n) is 9.38. The minimum absolute atomic E-state index is 0.106. The van der Waals surface area contributed by atoms with Crippen molar-refractivity contribution in [3.8, 4) is 0 Å². The molecule has 0 saturated carbocycles. The van der Waals surface area contributed by atoms with E-state index in [1.165, 1.54) is 0 Å². The number of anilines is 1. The third-order valence-corrected chi connectivity index (χ3v) is 2.80. The van der Waals surface area contributed by atoms with E-state index in [9.17, 15) is 4.79 Å². The van der Waals surface area contributed by atoms with E-state index in [0.29, 0.717) is 0 Å². The highest BCUT2D eigenvalue weighted by Crippen LogP contribution is 2.24. The molecule has 0 fully saturated rings. The van der Waals surface area contributed by atoms with Crippen LogP contribution in [0.15, 0.2) is 22.7 Å². The van der Waals surface area contributed by atoms with Gasteiger partial charge in [-0.3, -0.25) is 4.79 Å². The monoisotopic (exact) mass is 269 g/mol. The van der Waals surface area contributed by atoms with Crippen molar-refractivity contribution in [3.63, 3.8) is 0 Å². The van der Waals surface area contributed by atoms with Gasteiger partial charge in [-0.25, -0.2) is 0 Å². The number of benzene rings is 1. The maximum Gasteiger partial charge on any atom is 0.161 e. The van der Waals surface area contributed by atoms with Crippen molar-refractivity contribution >= 4 is 27.4 Å². The lowest BCUT2D eigenvalue weighted by atomic mass is 10.1. The van der Waals surface area contributed by atoms with Gasteiger partial charge in [-0.05, 0) is 31.5 Å². The number of carbonyl (C=O) groups is 1. The summed E-state index contributed by atoms with van der Waals surface area (Å²) in [6.07, 6.45) is 1.07. The van der Waals surface area contributed by atoms with E-state index in [0.717, 1.165) is 28.7 Å². The molecule has 1 aromatic carbocycles. The summed E-state index contributed by atoms with van der Waals surface area (Å²) in [4.78, 5) is 13.6. The van der Waals surface area contributed by atoms with Crippen LogP contribution in [0.25, 0.3) is 0 Å². The third kappa shape index (κ3) is 3.06. The van der Waals surface area contributed by atoms with Crippen LogP contribution in [0.4, 0.5) is 5.69 Å². The molecule has 1 rings (SSSR count). The molecule has 2 nitrogen and oxygen atoms in total. The zero-order chi connectivity index (χ0) is 11.4. The topological polar surface area (TPSA) is 20.3 Å². The van der Waals surface area contributed by atoms with E-state index >= 15 is 0 Å². The van der Waals surface area contributed by atoms with Crippen molar-refractivity contribution < 1.29 is 4.79 Å². The van der Waals surface area contributed by atoms with Gasteiger partial charge < -0.3 is 4.90 Å².